The summed E-state index contributed by atoms with van der Waals surface area (Å²) in [4.78, 5) is 0. The predicted octanol–water partition coefficient (Wildman–Crippen LogP) is 4.90. The van der Waals surface area contributed by atoms with E-state index in [1.807, 2.05) is 0 Å². The van der Waals surface area contributed by atoms with Crippen LogP contribution in [-0.4, -0.2) is 24.2 Å². The molecule has 0 spiro atoms. The molecule has 0 aliphatic heterocycles. The number of hydrogen-bond donors (Lipinski definition) is 0. The molecule has 0 heterocycles. The quantitative estimate of drug-likeness (QED) is 0.184. The SMILES string of the molecule is [Br-].[Br-].[Ni].c1ccc(C[N-]C2CCCCC2[N-]Cc2ccccc2)cc1.c1ccc(C[N-]C2CCCCC2[N-]Cc2ccccc2)cc1. The van der Waals surface area contributed by atoms with Gasteiger partial charge in [-0.25, -0.2) is 0 Å². The fourth-order valence-corrected chi connectivity index (χ4v) is 6.26. The minimum absolute atomic E-state index is 0. The van der Waals surface area contributed by atoms with Gasteiger partial charge in [-0.1, -0.05) is 195 Å². The Bertz CT molecular complexity index is 1100. The third kappa shape index (κ3) is 15.1. The zero-order valence-electron chi connectivity index (χ0n) is 27.2. The van der Waals surface area contributed by atoms with Crippen molar-refractivity contribution in [2.75, 3.05) is 0 Å². The third-order valence-corrected chi connectivity index (χ3v) is 8.79. The second-order valence-electron chi connectivity index (χ2n) is 12.1. The summed E-state index contributed by atoms with van der Waals surface area (Å²) in [6.07, 6.45) is 9.93. The summed E-state index contributed by atoms with van der Waals surface area (Å²) in [5.41, 5.74) is 5.20. The van der Waals surface area contributed by atoms with Crippen molar-refractivity contribution in [2.45, 2.75) is 102 Å². The van der Waals surface area contributed by atoms with Gasteiger partial charge in [0.15, 0.2) is 0 Å². The molecular formula is C40H48Br2N4Ni-6. The molecule has 4 aromatic rings. The van der Waals surface area contributed by atoms with E-state index in [-0.39, 0.29) is 50.5 Å². The van der Waals surface area contributed by atoms with E-state index in [0.29, 0.717) is 24.2 Å². The Hall–Kier alpha value is -1.83. The second-order valence-corrected chi connectivity index (χ2v) is 12.1. The Kier molecular flexibility index (Phi) is 21.4. The van der Waals surface area contributed by atoms with Crippen LogP contribution >= 0.6 is 0 Å². The molecule has 4 atom stereocenters. The molecule has 0 saturated heterocycles. The summed E-state index contributed by atoms with van der Waals surface area (Å²) < 4.78 is 0. The Morgan fingerprint density at radius 1 is 0.340 bits per heavy atom. The van der Waals surface area contributed by atoms with Crippen LogP contribution in [0.25, 0.3) is 21.3 Å². The molecule has 0 bridgehead atoms. The molecule has 4 unspecified atom stereocenters. The molecule has 4 aromatic carbocycles. The van der Waals surface area contributed by atoms with Crippen molar-refractivity contribution in [1.29, 1.82) is 0 Å². The number of nitrogens with zero attached hydrogens (tertiary/aromatic N) is 4. The molecule has 2 fully saturated rings. The summed E-state index contributed by atoms with van der Waals surface area (Å²) in [6.45, 7) is 3.29. The standard InChI is InChI=1S/2C20H24N2.2BrH.Ni/c2*1-3-9-17(10-4-1)15-21-19-13-7-8-14-20(19)22-16-18-11-5-2-6-12-18;;;/h2*1-6,9-12,19-20H,7-8,13-16H2;2*1H;/q2*-2;;;/p-2. The van der Waals surface area contributed by atoms with Crippen LogP contribution in [0, 0.1) is 0 Å². The van der Waals surface area contributed by atoms with E-state index in [1.54, 1.807) is 0 Å². The molecule has 2 saturated carbocycles. The maximum absolute atomic E-state index is 4.95. The summed E-state index contributed by atoms with van der Waals surface area (Å²) in [7, 11) is 0. The molecule has 6 rings (SSSR count). The van der Waals surface area contributed by atoms with E-state index in [4.69, 9.17) is 21.3 Å². The van der Waals surface area contributed by atoms with Crippen molar-refractivity contribution in [1.82, 2.24) is 0 Å². The van der Waals surface area contributed by atoms with Gasteiger partial charge in [0, 0.05) is 16.5 Å². The molecule has 2 aliphatic carbocycles. The average molecular weight is 803 g/mol. The first-order chi connectivity index (χ1) is 21.8. The van der Waals surface area contributed by atoms with Crippen LogP contribution in [0.15, 0.2) is 121 Å². The molecule has 0 N–H and O–H groups in total. The molecule has 0 radical (unpaired) electrons. The first kappa shape index (κ1) is 41.3. The molecule has 0 amide bonds. The van der Waals surface area contributed by atoms with Crippen molar-refractivity contribution in [3.63, 3.8) is 0 Å². The number of hydrogen-bond acceptors (Lipinski definition) is 0. The first-order valence-corrected chi connectivity index (χ1v) is 16.7. The Labute approximate surface area is 315 Å². The smallest absolute Gasteiger partial charge is 0 e. The van der Waals surface area contributed by atoms with Gasteiger partial charge < -0.3 is 55.2 Å². The van der Waals surface area contributed by atoms with Crippen molar-refractivity contribution >= 4 is 0 Å². The Morgan fingerprint density at radius 2 is 0.532 bits per heavy atom. The Balaban J connectivity index is 0.000000307. The number of halogens is 2. The largest absolute Gasteiger partial charge is 1.00 e. The van der Waals surface area contributed by atoms with E-state index in [1.165, 1.54) is 73.6 Å². The van der Waals surface area contributed by atoms with Crippen molar-refractivity contribution < 1.29 is 50.5 Å². The van der Waals surface area contributed by atoms with E-state index in [9.17, 15) is 0 Å². The van der Waals surface area contributed by atoms with Gasteiger partial charge in [0.1, 0.15) is 0 Å². The maximum atomic E-state index is 4.95. The maximum Gasteiger partial charge on any atom is 0 e. The topological polar surface area (TPSA) is 56.4 Å². The van der Waals surface area contributed by atoms with E-state index in [0.717, 1.165) is 26.2 Å². The Morgan fingerprint density at radius 3 is 0.723 bits per heavy atom. The van der Waals surface area contributed by atoms with Gasteiger partial charge in [-0.15, -0.1) is 26.2 Å². The number of benzene rings is 4. The zero-order valence-corrected chi connectivity index (χ0v) is 31.4. The molecule has 0 aromatic heterocycles. The molecule has 2 aliphatic rings. The van der Waals surface area contributed by atoms with Gasteiger partial charge in [-0.3, -0.25) is 0 Å². The van der Waals surface area contributed by atoms with Gasteiger partial charge in [0.2, 0.25) is 0 Å². The fraction of sp³-hybridized carbons (Fsp3) is 0.400. The average Bonchev–Trinajstić information content (AvgIpc) is 3.11. The van der Waals surface area contributed by atoms with E-state index in [2.05, 4.69) is 121 Å². The minimum Gasteiger partial charge on any atom is -1.00 e. The van der Waals surface area contributed by atoms with Crippen LogP contribution in [0.5, 0.6) is 0 Å². The predicted molar refractivity (Wildman–Crippen MR) is 186 cm³/mol. The summed E-state index contributed by atoms with van der Waals surface area (Å²) in [5.74, 6) is 0. The fourth-order valence-electron chi connectivity index (χ4n) is 6.26. The minimum atomic E-state index is 0. The summed E-state index contributed by atoms with van der Waals surface area (Å²) >= 11 is 0. The molecule has 258 valence electrons. The summed E-state index contributed by atoms with van der Waals surface area (Å²) in [5, 5.41) is 19.8. The van der Waals surface area contributed by atoms with Crippen LogP contribution in [0.2, 0.25) is 0 Å². The third-order valence-electron chi connectivity index (χ3n) is 8.79. The van der Waals surface area contributed by atoms with E-state index < -0.39 is 0 Å². The molecular weight excluding hydrogens is 755 g/mol. The van der Waals surface area contributed by atoms with E-state index >= 15 is 0 Å². The zero-order chi connectivity index (χ0) is 30.1. The van der Waals surface area contributed by atoms with Crippen molar-refractivity contribution in [3.05, 3.63) is 165 Å². The first-order valence-electron chi connectivity index (χ1n) is 16.7. The number of rotatable bonds is 12. The second kappa shape index (κ2) is 24.3. The van der Waals surface area contributed by atoms with Crippen molar-refractivity contribution in [2.24, 2.45) is 0 Å². The molecule has 7 heteroatoms. The molecule has 47 heavy (non-hydrogen) atoms. The van der Waals surface area contributed by atoms with Gasteiger partial charge >= 0.3 is 0 Å². The summed E-state index contributed by atoms with van der Waals surface area (Å²) in [6, 6.07) is 43.8. The van der Waals surface area contributed by atoms with Crippen LogP contribution in [0.3, 0.4) is 0 Å². The molecule has 4 nitrogen and oxygen atoms in total. The van der Waals surface area contributed by atoms with Gasteiger partial charge in [-0.2, -0.15) is 24.2 Å². The van der Waals surface area contributed by atoms with Crippen molar-refractivity contribution in [3.8, 4) is 0 Å². The van der Waals surface area contributed by atoms with Gasteiger partial charge in [-0.05, 0) is 0 Å². The van der Waals surface area contributed by atoms with Gasteiger partial charge in [0.05, 0.1) is 0 Å². The van der Waals surface area contributed by atoms with Gasteiger partial charge in [0.25, 0.3) is 0 Å². The van der Waals surface area contributed by atoms with Crippen LogP contribution in [-0.2, 0) is 42.7 Å². The normalized spacial score (nSPS) is 20.3. The monoisotopic (exact) mass is 800 g/mol. The van der Waals surface area contributed by atoms with Crippen LogP contribution in [0.1, 0.15) is 73.6 Å². The van der Waals surface area contributed by atoms with Crippen LogP contribution in [0.4, 0.5) is 0 Å². The van der Waals surface area contributed by atoms with Crippen LogP contribution < -0.4 is 34.0 Å².